The van der Waals surface area contributed by atoms with Crippen LogP contribution in [0.15, 0.2) is 37.2 Å². The van der Waals surface area contributed by atoms with Crippen LogP contribution in [0.2, 0.25) is 0 Å². The van der Waals surface area contributed by atoms with Gasteiger partial charge in [0.2, 0.25) is 0 Å². The van der Waals surface area contributed by atoms with Gasteiger partial charge in [0.05, 0.1) is 6.67 Å². The summed E-state index contributed by atoms with van der Waals surface area (Å²) in [4.78, 5) is 4.78. The van der Waals surface area contributed by atoms with Crippen LogP contribution < -0.4 is 4.90 Å². The largest absolute Gasteiger partial charge is 0.358 e. The van der Waals surface area contributed by atoms with Crippen LogP contribution in [0, 0.1) is 20.8 Å². The van der Waals surface area contributed by atoms with Crippen LogP contribution in [-0.2, 0) is 0 Å². The maximum atomic E-state index is 3.77. The number of rotatable bonds is 7. The summed E-state index contributed by atoms with van der Waals surface area (Å²) >= 11 is 0. The summed E-state index contributed by atoms with van der Waals surface area (Å²) in [7, 11) is 0. The molecule has 1 aromatic rings. The normalized spacial score (nSPS) is 14.0. The van der Waals surface area contributed by atoms with Crippen molar-refractivity contribution >= 4 is 5.69 Å². The van der Waals surface area contributed by atoms with Crippen LogP contribution in [0.5, 0.6) is 0 Å². The van der Waals surface area contributed by atoms with E-state index in [1.807, 2.05) is 6.08 Å². The van der Waals surface area contributed by atoms with Gasteiger partial charge in [0, 0.05) is 24.6 Å². The topological polar surface area (TPSA) is 6.48 Å². The second-order valence-corrected chi connectivity index (χ2v) is 6.11. The van der Waals surface area contributed by atoms with Gasteiger partial charge in [0.1, 0.15) is 0 Å². The molecule has 0 amide bonds. The predicted octanol–water partition coefficient (Wildman–Crippen LogP) is 4.91. The molecule has 0 aromatic heterocycles. The summed E-state index contributed by atoms with van der Waals surface area (Å²) in [6, 6.07) is 4.54. The van der Waals surface area contributed by atoms with E-state index in [0.717, 1.165) is 19.6 Å². The second kappa shape index (κ2) is 7.35. The smallest absolute Gasteiger partial charge is 0.0942 e. The van der Waals surface area contributed by atoms with E-state index in [4.69, 9.17) is 0 Å². The van der Waals surface area contributed by atoms with Crippen molar-refractivity contribution in [3.63, 3.8) is 0 Å². The fraction of sp³-hybridized carbons (Fsp3) is 0.474. The molecular weight excluding hydrogens is 256 g/mol. The minimum absolute atomic E-state index is 0.978. The summed E-state index contributed by atoms with van der Waals surface area (Å²) in [5, 5.41) is 0. The first kappa shape index (κ1) is 15.7. The molecule has 0 bridgehead atoms. The Morgan fingerprint density at radius 2 is 1.76 bits per heavy atom. The number of aryl methyl sites for hydroxylation is 3. The highest BCUT2D eigenvalue weighted by atomic mass is 15.3. The molecule has 0 spiro atoms. The summed E-state index contributed by atoms with van der Waals surface area (Å²) in [5.74, 6) is 0. The van der Waals surface area contributed by atoms with Gasteiger partial charge >= 0.3 is 0 Å². The SMILES string of the molecule is C=CCCCCCN1C=CN(c2c(C)cc(C)cc2C)C1. The van der Waals surface area contributed by atoms with Gasteiger partial charge in [0.15, 0.2) is 0 Å². The van der Waals surface area contributed by atoms with Crippen molar-refractivity contribution in [3.05, 3.63) is 53.9 Å². The average Bonchev–Trinajstić information content (AvgIpc) is 2.86. The molecule has 0 radical (unpaired) electrons. The van der Waals surface area contributed by atoms with Gasteiger partial charge in [-0.15, -0.1) is 6.58 Å². The summed E-state index contributed by atoms with van der Waals surface area (Å²) in [5.41, 5.74) is 5.44. The highest BCUT2D eigenvalue weighted by Crippen LogP contribution is 2.28. The lowest BCUT2D eigenvalue weighted by atomic mass is 10.0. The van der Waals surface area contributed by atoms with Crippen molar-refractivity contribution in [2.75, 3.05) is 18.1 Å². The highest BCUT2D eigenvalue weighted by molar-refractivity contribution is 5.62. The number of hydrogen-bond donors (Lipinski definition) is 0. The van der Waals surface area contributed by atoms with Crippen molar-refractivity contribution in [1.82, 2.24) is 4.90 Å². The van der Waals surface area contributed by atoms with Crippen molar-refractivity contribution in [1.29, 1.82) is 0 Å². The summed E-state index contributed by atoms with van der Waals surface area (Å²) in [6.07, 6.45) is 11.4. The number of allylic oxidation sites excluding steroid dienone is 1. The van der Waals surface area contributed by atoms with Crippen molar-refractivity contribution in [2.45, 2.75) is 46.5 Å². The molecule has 2 heteroatoms. The van der Waals surface area contributed by atoms with Gasteiger partial charge < -0.3 is 9.80 Å². The number of anilines is 1. The molecule has 0 atom stereocenters. The van der Waals surface area contributed by atoms with Crippen LogP contribution in [0.4, 0.5) is 5.69 Å². The molecule has 0 N–H and O–H groups in total. The number of nitrogens with zero attached hydrogens (tertiary/aromatic N) is 2. The highest BCUT2D eigenvalue weighted by Gasteiger charge is 2.17. The number of benzene rings is 1. The molecular formula is C19H28N2. The standard InChI is InChI=1S/C19H28N2/c1-5-6-7-8-9-10-20-11-12-21(15-20)19-17(3)13-16(2)14-18(19)4/h5,11-14H,1,6-10,15H2,2-4H3. The quantitative estimate of drug-likeness (QED) is 0.518. The lowest BCUT2D eigenvalue weighted by Crippen LogP contribution is -2.26. The Kier molecular flexibility index (Phi) is 5.49. The van der Waals surface area contributed by atoms with E-state index in [9.17, 15) is 0 Å². The minimum atomic E-state index is 0.978. The lowest BCUT2D eigenvalue weighted by molar-refractivity contribution is 0.390. The van der Waals surface area contributed by atoms with E-state index >= 15 is 0 Å². The molecule has 0 fully saturated rings. The first-order valence-electron chi connectivity index (χ1n) is 7.99. The second-order valence-electron chi connectivity index (χ2n) is 6.11. The molecule has 0 unspecified atom stereocenters. The fourth-order valence-corrected chi connectivity index (χ4v) is 3.16. The average molecular weight is 284 g/mol. The predicted molar refractivity (Wildman–Crippen MR) is 92.5 cm³/mol. The first-order chi connectivity index (χ1) is 10.1. The molecule has 2 rings (SSSR count). The van der Waals surface area contributed by atoms with E-state index in [0.29, 0.717) is 0 Å². The van der Waals surface area contributed by atoms with Crippen LogP contribution in [0.1, 0.15) is 42.4 Å². The summed E-state index contributed by atoms with van der Waals surface area (Å²) < 4.78 is 0. The van der Waals surface area contributed by atoms with E-state index in [1.54, 1.807) is 0 Å². The van der Waals surface area contributed by atoms with Gasteiger partial charge in [-0.25, -0.2) is 0 Å². The Bertz CT molecular complexity index is 493. The molecule has 21 heavy (non-hydrogen) atoms. The lowest BCUT2D eigenvalue weighted by Gasteiger charge is -2.24. The van der Waals surface area contributed by atoms with Gasteiger partial charge in [-0.2, -0.15) is 0 Å². The summed E-state index contributed by atoms with van der Waals surface area (Å²) in [6.45, 7) is 12.5. The molecule has 2 nitrogen and oxygen atoms in total. The van der Waals surface area contributed by atoms with Crippen LogP contribution in [-0.4, -0.2) is 18.1 Å². The molecule has 1 aliphatic heterocycles. The van der Waals surface area contributed by atoms with E-state index in [2.05, 4.69) is 61.7 Å². The zero-order valence-electron chi connectivity index (χ0n) is 13.7. The molecule has 1 aliphatic rings. The molecule has 1 heterocycles. The van der Waals surface area contributed by atoms with Crippen molar-refractivity contribution in [2.24, 2.45) is 0 Å². The molecule has 0 saturated carbocycles. The maximum absolute atomic E-state index is 3.77. The Labute approximate surface area is 129 Å². The van der Waals surface area contributed by atoms with Crippen LogP contribution in [0.3, 0.4) is 0 Å². The van der Waals surface area contributed by atoms with E-state index in [1.165, 1.54) is 41.6 Å². The first-order valence-corrected chi connectivity index (χ1v) is 7.99. The Balaban J connectivity index is 1.88. The fourth-order valence-electron chi connectivity index (χ4n) is 3.16. The van der Waals surface area contributed by atoms with Crippen LogP contribution in [0.25, 0.3) is 0 Å². The zero-order valence-corrected chi connectivity index (χ0v) is 13.7. The van der Waals surface area contributed by atoms with Gasteiger partial charge in [-0.3, -0.25) is 0 Å². The minimum Gasteiger partial charge on any atom is -0.358 e. The monoisotopic (exact) mass is 284 g/mol. The molecule has 0 aliphatic carbocycles. The van der Waals surface area contributed by atoms with Gasteiger partial charge in [0.25, 0.3) is 0 Å². The third-order valence-corrected chi connectivity index (χ3v) is 4.07. The van der Waals surface area contributed by atoms with Gasteiger partial charge in [-0.1, -0.05) is 30.2 Å². The van der Waals surface area contributed by atoms with Gasteiger partial charge in [-0.05, 0) is 51.2 Å². The maximum Gasteiger partial charge on any atom is 0.0942 e. The van der Waals surface area contributed by atoms with Crippen molar-refractivity contribution in [3.8, 4) is 0 Å². The van der Waals surface area contributed by atoms with E-state index in [-0.39, 0.29) is 0 Å². The molecule has 1 aromatic carbocycles. The zero-order chi connectivity index (χ0) is 15.2. The Morgan fingerprint density at radius 1 is 1.05 bits per heavy atom. The van der Waals surface area contributed by atoms with Crippen LogP contribution >= 0.6 is 0 Å². The number of hydrogen-bond acceptors (Lipinski definition) is 2. The molecule has 114 valence electrons. The Morgan fingerprint density at radius 3 is 2.43 bits per heavy atom. The van der Waals surface area contributed by atoms with Crippen molar-refractivity contribution < 1.29 is 0 Å². The molecule has 0 saturated heterocycles. The number of unbranched alkanes of at least 4 members (excludes halogenated alkanes) is 3. The third-order valence-electron chi connectivity index (χ3n) is 4.07. The Hall–Kier alpha value is -1.70. The van der Waals surface area contributed by atoms with E-state index < -0.39 is 0 Å². The third kappa shape index (κ3) is 4.13.